The number of nitrogens with zero attached hydrogens (tertiary/aromatic N) is 1. The molecule has 0 aliphatic rings. The number of carbonyl (C=O) groups excluding carboxylic acids is 2. The van der Waals surface area contributed by atoms with Gasteiger partial charge in [-0.2, -0.15) is 0 Å². The van der Waals surface area contributed by atoms with Crippen molar-refractivity contribution in [1.29, 1.82) is 0 Å². The summed E-state index contributed by atoms with van der Waals surface area (Å²) in [4.78, 5) is 34.2. The molecular formula is C12H13BrFN3O4. The van der Waals surface area contributed by atoms with Crippen LogP contribution in [0.1, 0.15) is 0 Å². The molecule has 0 heterocycles. The van der Waals surface area contributed by atoms with Crippen molar-refractivity contribution in [2.45, 2.75) is 0 Å². The zero-order chi connectivity index (χ0) is 16.0. The summed E-state index contributed by atoms with van der Waals surface area (Å²) >= 11 is 3.08. The average molecular weight is 362 g/mol. The minimum atomic E-state index is -1.21. The standard InChI is InChI=1S/C12H13BrFN3O4/c13-7-1-2-9(8(14)3-7)16-11(19)5-17(4-10(15)18)6-12(20)21/h1-3H,4-6H2,(H2,15,18)(H,16,19)(H,20,21). The molecule has 9 heteroatoms. The molecule has 2 amide bonds. The Bertz CT molecular complexity index is 551. The Kier molecular flexibility index (Phi) is 6.25. The van der Waals surface area contributed by atoms with Crippen LogP contribution in [0.25, 0.3) is 0 Å². The molecule has 0 saturated carbocycles. The van der Waals surface area contributed by atoms with Gasteiger partial charge in [0, 0.05) is 4.47 Å². The van der Waals surface area contributed by atoms with Gasteiger partial charge in [-0.15, -0.1) is 0 Å². The zero-order valence-corrected chi connectivity index (χ0v) is 12.4. The number of carboxylic acids is 1. The van der Waals surface area contributed by atoms with E-state index in [4.69, 9.17) is 10.8 Å². The summed E-state index contributed by atoms with van der Waals surface area (Å²) in [6.07, 6.45) is 0. The van der Waals surface area contributed by atoms with Crippen LogP contribution in [0.4, 0.5) is 10.1 Å². The molecule has 0 bridgehead atoms. The van der Waals surface area contributed by atoms with Gasteiger partial charge in [-0.3, -0.25) is 19.3 Å². The van der Waals surface area contributed by atoms with Crippen LogP contribution in [-0.2, 0) is 14.4 Å². The van der Waals surface area contributed by atoms with Gasteiger partial charge in [0.2, 0.25) is 11.8 Å². The van der Waals surface area contributed by atoms with E-state index in [1.165, 1.54) is 18.2 Å². The van der Waals surface area contributed by atoms with Crippen molar-refractivity contribution in [3.8, 4) is 0 Å². The van der Waals surface area contributed by atoms with Crippen LogP contribution in [0.15, 0.2) is 22.7 Å². The largest absolute Gasteiger partial charge is 0.480 e. The van der Waals surface area contributed by atoms with E-state index in [1.807, 2.05) is 0 Å². The van der Waals surface area contributed by atoms with Crippen molar-refractivity contribution in [2.75, 3.05) is 25.0 Å². The van der Waals surface area contributed by atoms with Gasteiger partial charge in [0.25, 0.3) is 0 Å². The van der Waals surface area contributed by atoms with Crippen molar-refractivity contribution < 1.29 is 23.9 Å². The minimum absolute atomic E-state index is 0.0439. The summed E-state index contributed by atoms with van der Waals surface area (Å²) in [6.45, 7) is -1.31. The van der Waals surface area contributed by atoms with Gasteiger partial charge in [-0.05, 0) is 18.2 Å². The molecule has 0 atom stereocenters. The van der Waals surface area contributed by atoms with E-state index in [2.05, 4.69) is 21.2 Å². The molecule has 0 radical (unpaired) electrons. The predicted molar refractivity (Wildman–Crippen MR) is 76.0 cm³/mol. The molecule has 21 heavy (non-hydrogen) atoms. The molecule has 0 aliphatic carbocycles. The second-order valence-electron chi connectivity index (χ2n) is 4.18. The lowest BCUT2D eigenvalue weighted by Crippen LogP contribution is -2.42. The van der Waals surface area contributed by atoms with Crippen LogP contribution >= 0.6 is 15.9 Å². The Morgan fingerprint density at radius 2 is 1.95 bits per heavy atom. The first-order chi connectivity index (χ1) is 9.77. The fourth-order valence-electron chi connectivity index (χ4n) is 1.56. The van der Waals surface area contributed by atoms with Crippen LogP contribution < -0.4 is 11.1 Å². The Hall–Kier alpha value is -2.00. The van der Waals surface area contributed by atoms with Gasteiger partial charge >= 0.3 is 5.97 Å². The summed E-state index contributed by atoms with van der Waals surface area (Å²) in [5, 5.41) is 11.0. The number of nitrogens with one attached hydrogen (secondary N) is 1. The summed E-state index contributed by atoms with van der Waals surface area (Å²) in [6, 6.07) is 4.07. The quantitative estimate of drug-likeness (QED) is 0.650. The monoisotopic (exact) mass is 361 g/mol. The lowest BCUT2D eigenvalue weighted by molar-refractivity contribution is -0.138. The Labute approximate surface area is 128 Å². The van der Waals surface area contributed by atoms with E-state index in [0.717, 1.165) is 4.90 Å². The summed E-state index contributed by atoms with van der Waals surface area (Å²) in [5.41, 5.74) is 4.92. The molecule has 0 spiro atoms. The fourth-order valence-corrected chi connectivity index (χ4v) is 1.90. The fraction of sp³-hybridized carbons (Fsp3) is 0.250. The van der Waals surface area contributed by atoms with Gasteiger partial charge in [-0.25, -0.2) is 4.39 Å². The van der Waals surface area contributed by atoms with Crippen molar-refractivity contribution in [3.63, 3.8) is 0 Å². The Balaban J connectivity index is 2.68. The van der Waals surface area contributed by atoms with Crippen molar-refractivity contribution in [3.05, 3.63) is 28.5 Å². The molecule has 1 rings (SSSR count). The molecular weight excluding hydrogens is 349 g/mol. The third-order valence-corrected chi connectivity index (χ3v) is 2.80. The number of benzene rings is 1. The normalized spacial score (nSPS) is 10.4. The van der Waals surface area contributed by atoms with Gasteiger partial charge in [0.1, 0.15) is 5.82 Å². The Morgan fingerprint density at radius 3 is 2.48 bits per heavy atom. The molecule has 114 valence electrons. The highest BCUT2D eigenvalue weighted by Crippen LogP contribution is 2.19. The number of hydrogen-bond acceptors (Lipinski definition) is 4. The summed E-state index contributed by atoms with van der Waals surface area (Å²) < 4.78 is 14.1. The molecule has 0 aromatic heterocycles. The average Bonchev–Trinajstić information content (AvgIpc) is 2.30. The van der Waals surface area contributed by atoms with Crippen LogP contribution in [0.5, 0.6) is 0 Å². The molecule has 1 aromatic carbocycles. The number of primary amides is 1. The molecule has 0 fully saturated rings. The number of halogens is 2. The molecule has 7 nitrogen and oxygen atoms in total. The molecule has 0 saturated heterocycles. The first-order valence-electron chi connectivity index (χ1n) is 5.75. The van der Waals surface area contributed by atoms with Crippen LogP contribution in [0.3, 0.4) is 0 Å². The third-order valence-electron chi connectivity index (χ3n) is 2.31. The number of amides is 2. The lowest BCUT2D eigenvalue weighted by atomic mass is 10.3. The maximum atomic E-state index is 13.5. The van der Waals surface area contributed by atoms with Crippen LogP contribution in [0.2, 0.25) is 0 Å². The zero-order valence-electron chi connectivity index (χ0n) is 10.8. The summed E-state index contributed by atoms with van der Waals surface area (Å²) in [7, 11) is 0. The second-order valence-corrected chi connectivity index (χ2v) is 5.09. The van der Waals surface area contributed by atoms with Gasteiger partial charge in [-0.1, -0.05) is 15.9 Å². The van der Waals surface area contributed by atoms with Crippen LogP contribution in [-0.4, -0.2) is 47.4 Å². The van der Waals surface area contributed by atoms with Gasteiger partial charge in [0.05, 0.1) is 25.3 Å². The van der Waals surface area contributed by atoms with E-state index >= 15 is 0 Å². The molecule has 0 aliphatic heterocycles. The van der Waals surface area contributed by atoms with Gasteiger partial charge in [0.15, 0.2) is 0 Å². The van der Waals surface area contributed by atoms with E-state index < -0.39 is 36.7 Å². The number of anilines is 1. The third kappa shape index (κ3) is 6.32. The number of carboxylic acid groups (broad SMARTS) is 1. The highest BCUT2D eigenvalue weighted by atomic mass is 79.9. The number of aliphatic carboxylic acids is 1. The molecule has 0 unspecified atom stereocenters. The first-order valence-corrected chi connectivity index (χ1v) is 6.54. The predicted octanol–water partition coefficient (Wildman–Crippen LogP) is 0.399. The second kappa shape index (κ2) is 7.70. The minimum Gasteiger partial charge on any atom is -0.480 e. The van der Waals surface area contributed by atoms with Crippen LogP contribution in [0, 0.1) is 5.82 Å². The number of rotatable bonds is 7. The smallest absolute Gasteiger partial charge is 0.317 e. The summed E-state index contributed by atoms with van der Waals surface area (Å²) in [5.74, 6) is -3.27. The van der Waals surface area contributed by atoms with Crippen molar-refractivity contribution in [2.24, 2.45) is 5.73 Å². The number of nitrogens with two attached hydrogens (primary N) is 1. The van der Waals surface area contributed by atoms with E-state index in [9.17, 15) is 18.8 Å². The number of hydrogen-bond donors (Lipinski definition) is 3. The van der Waals surface area contributed by atoms with Crippen molar-refractivity contribution in [1.82, 2.24) is 4.90 Å². The maximum absolute atomic E-state index is 13.5. The number of carbonyl (C=O) groups is 3. The molecule has 1 aromatic rings. The lowest BCUT2D eigenvalue weighted by Gasteiger charge is -2.17. The van der Waals surface area contributed by atoms with E-state index in [0.29, 0.717) is 4.47 Å². The highest BCUT2D eigenvalue weighted by molar-refractivity contribution is 9.10. The first kappa shape index (κ1) is 17.1. The maximum Gasteiger partial charge on any atom is 0.317 e. The Morgan fingerprint density at radius 1 is 1.29 bits per heavy atom. The topological polar surface area (TPSA) is 113 Å². The highest BCUT2D eigenvalue weighted by Gasteiger charge is 2.17. The van der Waals surface area contributed by atoms with E-state index in [-0.39, 0.29) is 12.2 Å². The molecule has 4 N–H and O–H groups in total. The van der Waals surface area contributed by atoms with Crippen molar-refractivity contribution >= 4 is 39.4 Å². The van der Waals surface area contributed by atoms with Gasteiger partial charge < -0.3 is 16.2 Å². The van der Waals surface area contributed by atoms with E-state index in [1.54, 1.807) is 0 Å². The SMILES string of the molecule is NC(=O)CN(CC(=O)O)CC(=O)Nc1ccc(Br)cc1F.